The fourth-order valence-corrected chi connectivity index (χ4v) is 3.04. The normalized spacial score (nSPS) is 10.9. The van der Waals surface area contributed by atoms with Gasteiger partial charge >= 0.3 is 0 Å². The Morgan fingerprint density at radius 2 is 1.69 bits per heavy atom. The Balaban J connectivity index is 2.00. The third kappa shape index (κ3) is 3.85. The second-order valence-corrected chi connectivity index (χ2v) is 6.78. The van der Waals surface area contributed by atoms with E-state index in [1.807, 2.05) is 69.3 Å². The van der Waals surface area contributed by atoms with Gasteiger partial charge in [-0.25, -0.2) is 0 Å². The summed E-state index contributed by atoms with van der Waals surface area (Å²) in [5, 5.41) is 0.969. The molecule has 4 heteroatoms. The van der Waals surface area contributed by atoms with Gasteiger partial charge in [0, 0.05) is 23.2 Å². The molecular weight excluding hydrogens is 324 g/mol. The molecule has 0 atom stereocenters. The van der Waals surface area contributed by atoms with Crippen LogP contribution in [0.2, 0.25) is 0 Å². The van der Waals surface area contributed by atoms with E-state index in [9.17, 15) is 9.59 Å². The van der Waals surface area contributed by atoms with Crippen LogP contribution in [-0.2, 0) is 11.3 Å². The average Bonchev–Trinajstić information content (AvgIpc) is 2.61. The number of aromatic nitrogens is 1. The summed E-state index contributed by atoms with van der Waals surface area (Å²) in [6, 6.07) is 15.7. The lowest BCUT2D eigenvalue weighted by Gasteiger charge is -2.23. The number of carbonyl (C=O) groups is 1. The maximum absolute atomic E-state index is 12.7. The van der Waals surface area contributed by atoms with E-state index < -0.39 is 0 Å². The Labute approximate surface area is 153 Å². The molecular formula is C22H24N2O2. The second-order valence-electron chi connectivity index (χ2n) is 6.78. The predicted octanol–water partition coefficient (Wildman–Crippen LogP) is 4.48. The molecule has 0 fully saturated rings. The topological polar surface area (TPSA) is 53.2 Å². The molecule has 26 heavy (non-hydrogen) atoms. The van der Waals surface area contributed by atoms with Gasteiger partial charge in [-0.3, -0.25) is 9.59 Å². The standard InChI is InChI=1S/C22H24N2O2/c1-4-5-21(25)24(19-10-7-15(2)8-11-19)14-18-13-17-9-6-16(3)12-20(17)23-22(18)26/h6-13H,4-5,14H2,1-3H3,(H,23,26). The molecule has 0 bridgehead atoms. The van der Waals surface area contributed by atoms with E-state index in [4.69, 9.17) is 0 Å². The molecule has 1 amide bonds. The van der Waals surface area contributed by atoms with E-state index in [0.717, 1.165) is 34.1 Å². The number of aromatic amines is 1. The van der Waals surface area contributed by atoms with Gasteiger partial charge in [-0.15, -0.1) is 0 Å². The largest absolute Gasteiger partial charge is 0.322 e. The number of aryl methyl sites for hydroxylation is 2. The monoisotopic (exact) mass is 348 g/mol. The van der Waals surface area contributed by atoms with Crippen LogP contribution in [0.5, 0.6) is 0 Å². The van der Waals surface area contributed by atoms with Crippen LogP contribution < -0.4 is 10.5 Å². The molecule has 0 saturated heterocycles. The van der Waals surface area contributed by atoms with Crippen LogP contribution in [0.1, 0.15) is 36.5 Å². The molecule has 0 unspecified atom stereocenters. The summed E-state index contributed by atoms with van der Waals surface area (Å²) in [6.07, 6.45) is 1.23. The number of rotatable bonds is 5. The van der Waals surface area contributed by atoms with Crippen LogP contribution in [0.4, 0.5) is 5.69 Å². The fraction of sp³-hybridized carbons (Fsp3) is 0.273. The minimum atomic E-state index is -0.149. The van der Waals surface area contributed by atoms with Crippen LogP contribution in [0.15, 0.2) is 53.3 Å². The van der Waals surface area contributed by atoms with E-state index in [1.54, 1.807) is 4.90 Å². The summed E-state index contributed by atoms with van der Waals surface area (Å²) in [5.74, 6) is 0.0276. The molecule has 1 heterocycles. The van der Waals surface area contributed by atoms with Gasteiger partial charge < -0.3 is 9.88 Å². The molecule has 1 N–H and O–H groups in total. The Kier molecular flexibility index (Phi) is 5.21. The number of fused-ring (bicyclic) bond motifs is 1. The highest BCUT2D eigenvalue weighted by atomic mass is 16.2. The van der Waals surface area contributed by atoms with Crippen molar-refractivity contribution in [2.75, 3.05) is 4.90 Å². The van der Waals surface area contributed by atoms with Crippen molar-refractivity contribution in [1.82, 2.24) is 4.98 Å². The molecule has 0 aliphatic carbocycles. The van der Waals surface area contributed by atoms with Crippen molar-refractivity contribution in [3.05, 3.63) is 75.6 Å². The third-order valence-electron chi connectivity index (χ3n) is 4.52. The zero-order valence-electron chi connectivity index (χ0n) is 15.5. The number of amides is 1. The van der Waals surface area contributed by atoms with Crippen molar-refractivity contribution < 1.29 is 4.79 Å². The quantitative estimate of drug-likeness (QED) is 0.739. The van der Waals surface area contributed by atoms with Crippen LogP contribution in [-0.4, -0.2) is 10.9 Å². The summed E-state index contributed by atoms with van der Waals surface area (Å²) in [7, 11) is 0. The zero-order valence-corrected chi connectivity index (χ0v) is 15.5. The highest BCUT2D eigenvalue weighted by Gasteiger charge is 2.17. The smallest absolute Gasteiger partial charge is 0.253 e. The lowest BCUT2D eigenvalue weighted by atomic mass is 10.1. The highest BCUT2D eigenvalue weighted by Crippen LogP contribution is 2.20. The first-order valence-electron chi connectivity index (χ1n) is 8.97. The van der Waals surface area contributed by atoms with Gasteiger partial charge in [0.25, 0.3) is 5.56 Å². The number of hydrogen-bond acceptors (Lipinski definition) is 2. The van der Waals surface area contributed by atoms with Crippen molar-refractivity contribution in [3.63, 3.8) is 0 Å². The Bertz CT molecular complexity index is 987. The third-order valence-corrected chi connectivity index (χ3v) is 4.52. The fourth-order valence-electron chi connectivity index (χ4n) is 3.04. The SMILES string of the molecule is CCCC(=O)N(Cc1cc2ccc(C)cc2[nH]c1=O)c1ccc(C)cc1. The lowest BCUT2D eigenvalue weighted by Crippen LogP contribution is -2.32. The molecule has 0 radical (unpaired) electrons. The summed E-state index contributed by atoms with van der Waals surface area (Å²) >= 11 is 0. The number of pyridine rings is 1. The number of carbonyl (C=O) groups excluding carboxylic acids is 1. The number of hydrogen-bond donors (Lipinski definition) is 1. The summed E-state index contributed by atoms with van der Waals surface area (Å²) < 4.78 is 0. The number of nitrogens with zero attached hydrogens (tertiary/aromatic N) is 1. The number of H-pyrrole nitrogens is 1. The molecule has 3 rings (SSSR count). The summed E-state index contributed by atoms with van der Waals surface area (Å²) in [4.78, 5) is 29.9. The van der Waals surface area contributed by atoms with Gasteiger partial charge in [-0.1, -0.05) is 36.8 Å². The Hall–Kier alpha value is -2.88. The van der Waals surface area contributed by atoms with Gasteiger partial charge in [0.15, 0.2) is 0 Å². The lowest BCUT2D eigenvalue weighted by molar-refractivity contribution is -0.118. The Morgan fingerprint density at radius 3 is 2.38 bits per heavy atom. The van der Waals surface area contributed by atoms with Gasteiger partial charge in [-0.05, 0) is 55.5 Å². The molecule has 0 spiro atoms. The molecule has 134 valence electrons. The molecule has 0 saturated carbocycles. The molecule has 2 aromatic carbocycles. The first-order valence-corrected chi connectivity index (χ1v) is 8.97. The first-order chi connectivity index (χ1) is 12.5. The van der Waals surface area contributed by atoms with Crippen molar-refractivity contribution in [3.8, 4) is 0 Å². The molecule has 4 nitrogen and oxygen atoms in total. The number of benzene rings is 2. The summed E-state index contributed by atoms with van der Waals surface area (Å²) in [5.41, 5.74) is 4.31. The summed E-state index contributed by atoms with van der Waals surface area (Å²) in [6.45, 7) is 6.25. The number of nitrogens with one attached hydrogen (secondary N) is 1. The van der Waals surface area contributed by atoms with Crippen LogP contribution in [0.3, 0.4) is 0 Å². The molecule has 0 aliphatic rings. The van der Waals surface area contributed by atoms with Gasteiger partial charge in [0.05, 0.1) is 6.54 Å². The molecule has 3 aromatic rings. The van der Waals surface area contributed by atoms with Crippen LogP contribution in [0.25, 0.3) is 10.9 Å². The van der Waals surface area contributed by atoms with Gasteiger partial charge in [-0.2, -0.15) is 0 Å². The Morgan fingerprint density at radius 1 is 1.00 bits per heavy atom. The molecule has 0 aliphatic heterocycles. The predicted molar refractivity (Wildman–Crippen MR) is 107 cm³/mol. The van der Waals surface area contributed by atoms with E-state index in [2.05, 4.69) is 4.98 Å². The van der Waals surface area contributed by atoms with Gasteiger partial charge in [0.2, 0.25) is 5.91 Å². The van der Waals surface area contributed by atoms with Crippen molar-refractivity contribution in [1.29, 1.82) is 0 Å². The maximum Gasteiger partial charge on any atom is 0.253 e. The van der Waals surface area contributed by atoms with Gasteiger partial charge in [0.1, 0.15) is 0 Å². The first kappa shape index (κ1) is 17.9. The minimum absolute atomic E-state index is 0.0276. The molecule has 1 aromatic heterocycles. The minimum Gasteiger partial charge on any atom is -0.322 e. The maximum atomic E-state index is 12.7. The second kappa shape index (κ2) is 7.56. The van der Waals surface area contributed by atoms with Crippen molar-refractivity contribution in [2.45, 2.75) is 40.2 Å². The average molecular weight is 348 g/mol. The van der Waals surface area contributed by atoms with E-state index in [0.29, 0.717) is 12.0 Å². The highest BCUT2D eigenvalue weighted by molar-refractivity contribution is 5.93. The van der Waals surface area contributed by atoms with Crippen LogP contribution >= 0.6 is 0 Å². The number of anilines is 1. The van der Waals surface area contributed by atoms with Crippen LogP contribution in [0, 0.1) is 13.8 Å². The van der Waals surface area contributed by atoms with E-state index in [1.165, 1.54) is 0 Å². The van der Waals surface area contributed by atoms with E-state index >= 15 is 0 Å². The van der Waals surface area contributed by atoms with Crippen molar-refractivity contribution in [2.24, 2.45) is 0 Å². The van der Waals surface area contributed by atoms with Crippen molar-refractivity contribution >= 4 is 22.5 Å². The zero-order chi connectivity index (χ0) is 18.7. The van der Waals surface area contributed by atoms with E-state index in [-0.39, 0.29) is 18.0 Å².